The van der Waals surface area contributed by atoms with E-state index < -0.39 is 5.91 Å². The molecule has 0 aliphatic heterocycles. The molecule has 0 aliphatic carbocycles. The van der Waals surface area contributed by atoms with Gasteiger partial charge in [-0.05, 0) is 48.5 Å². The van der Waals surface area contributed by atoms with Gasteiger partial charge in [0.15, 0.2) is 0 Å². The van der Waals surface area contributed by atoms with Crippen LogP contribution in [0.2, 0.25) is 0 Å². The summed E-state index contributed by atoms with van der Waals surface area (Å²) in [5.74, 6) is -0.964. The van der Waals surface area contributed by atoms with Gasteiger partial charge in [0.25, 0.3) is 5.91 Å². The molecule has 0 fully saturated rings. The van der Waals surface area contributed by atoms with Gasteiger partial charge >= 0.3 is 0 Å². The van der Waals surface area contributed by atoms with E-state index in [9.17, 15) is 14.0 Å². The Bertz CT molecular complexity index is 974. The third-order valence-corrected chi connectivity index (χ3v) is 3.61. The number of amides is 2. The molecule has 0 bridgehead atoms. The molecule has 3 aromatic rings. The molecule has 1 heterocycles. The quantitative estimate of drug-likeness (QED) is 0.634. The monoisotopic (exact) mass is 364 g/mol. The summed E-state index contributed by atoms with van der Waals surface area (Å²) < 4.78 is 13.8. The predicted molar refractivity (Wildman–Crippen MR) is 103 cm³/mol. The highest BCUT2D eigenvalue weighted by molar-refractivity contribution is 6.03. The highest BCUT2D eigenvalue weighted by Crippen LogP contribution is 2.20. The van der Waals surface area contributed by atoms with Gasteiger partial charge in [-0.1, -0.05) is 12.1 Å². The first-order chi connectivity index (χ1) is 13.0. The summed E-state index contributed by atoms with van der Waals surface area (Å²) in [6.45, 7) is 1.42. The lowest BCUT2D eigenvalue weighted by Gasteiger charge is -2.09. The molecule has 0 aliphatic rings. The van der Waals surface area contributed by atoms with Gasteiger partial charge in [0, 0.05) is 30.2 Å². The van der Waals surface area contributed by atoms with Crippen molar-refractivity contribution in [3.05, 3.63) is 78.4 Å². The lowest BCUT2D eigenvalue weighted by Crippen LogP contribution is -2.14. The van der Waals surface area contributed by atoms with Crippen molar-refractivity contribution < 1.29 is 14.0 Å². The molecule has 136 valence electrons. The number of carbonyl (C=O) groups excluding carboxylic acids is 2. The fraction of sp³-hybridized carbons (Fsp3) is 0.0500. The minimum absolute atomic E-state index is 0.171. The predicted octanol–water partition coefficient (Wildman–Crippen LogP) is 4.18. The minimum atomic E-state index is -0.403. The van der Waals surface area contributed by atoms with Gasteiger partial charge in [-0.15, -0.1) is 0 Å². The number of para-hydroxylation sites is 1. The zero-order valence-corrected chi connectivity index (χ0v) is 14.5. The second-order valence-electron chi connectivity index (χ2n) is 5.75. The molecule has 7 heteroatoms. The lowest BCUT2D eigenvalue weighted by molar-refractivity contribution is -0.114. The molecule has 3 N–H and O–H groups in total. The van der Waals surface area contributed by atoms with E-state index in [-0.39, 0.29) is 17.4 Å². The normalized spacial score (nSPS) is 10.1. The molecule has 0 unspecified atom stereocenters. The molecular weight excluding hydrogens is 347 g/mol. The molecule has 0 saturated heterocycles. The fourth-order valence-electron chi connectivity index (χ4n) is 2.39. The number of hydrogen-bond acceptors (Lipinski definition) is 4. The maximum atomic E-state index is 13.8. The van der Waals surface area contributed by atoms with E-state index in [1.54, 1.807) is 48.5 Å². The molecule has 0 saturated carbocycles. The van der Waals surface area contributed by atoms with Gasteiger partial charge in [-0.2, -0.15) is 0 Å². The van der Waals surface area contributed by atoms with Gasteiger partial charge in [-0.25, -0.2) is 4.39 Å². The molecule has 6 nitrogen and oxygen atoms in total. The van der Waals surface area contributed by atoms with Crippen LogP contribution in [0.5, 0.6) is 0 Å². The number of aromatic nitrogens is 1. The van der Waals surface area contributed by atoms with E-state index in [1.165, 1.54) is 25.3 Å². The van der Waals surface area contributed by atoms with Crippen molar-refractivity contribution >= 4 is 34.6 Å². The molecule has 1 aromatic heterocycles. The van der Waals surface area contributed by atoms with Gasteiger partial charge in [0.05, 0.1) is 5.69 Å². The molecule has 2 amide bonds. The number of halogens is 1. The summed E-state index contributed by atoms with van der Waals surface area (Å²) in [5.41, 5.74) is 2.23. The summed E-state index contributed by atoms with van der Waals surface area (Å²) in [7, 11) is 0. The van der Waals surface area contributed by atoms with Crippen molar-refractivity contribution in [1.29, 1.82) is 0 Å². The number of nitrogens with one attached hydrogen (secondary N) is 3. The number of carbonyl (C=O) groups is 2. The summed E-state index contributed by atoms with van der Waals surface area (Å²) in [6, 6.07) is 16.2. The standard InChI is InChI=1S/C20H17FN4O2/c1-13(26)23-14-6-8-15(9-7-14)25-20(27)19-12-16(10-11-22-19)24-18-5-3-2-4-17(18)21/h2-12H,1H3,(H,22,24)(H,23,26)(H,25,27). The third kappa shape index (κ3) is 4.88. The van der Waals surface area contributed by atoms with Crippen molar-refractivity contribution in [2.24, 2.45) is 0 Å². The van der Waals surface area contributed by atoms with Crippen LogP contribution in [-0.4, -0.2) is 16.8 Å². The van der Waals surface area contributed by atoms with E-state index >= 15 is 0 Å². The Morgan fingerprint density at radius 3 is 2.22 bits per heavy atom. The smallest absolute Gasteiger partial charge is 0.274 e. The van der Waals surface area contributed by atoms with E-state index in [2.05, 4.69) is 20.9 Å². The first kappa shape index (κ1) is 18.1. The third-order valence-electron chi connectivity index (χ3n) is 3.61. The van der Waals surface area contributed by atoms with E-state index in [0.29, 0.717) is 22.7 Å². The average molecular weight is 364 g/mol. The Balaban J connectivity index is 1.70. The fourth-order valence-corrected chi connectivity index (χ4v) is 2.39. The van der Waals surface area contributed by atoms with Gasteiger partial charge in [0.2, 0.25) is 5.91 Å². The van der Waals surface area contributed by atoms with Crippen LogP contribution in [0.25, 0.3) is 0 Å². The molecular formula is C20H17FN4O2. The Labute approximate surface area is 155 Å². The van der Waals surface area contributed by atoms with Crippen LogP contribution in [0.15, 0.2) is 66.9 Å². The van der Waals surface area contributed by atoms with E-state index in [4.69, 9.17) is 0 Å². The SMILES string of the molecule is CC(=O)Nc1ccc(NC(=O)c2cc(Nc3ccccc3F)ccn2)cc1. The number of anilines is 4. The van der Waals surface area contributed by atoms with Crippen LogP contribution in [0.3, 0.4) is 0 Å². The number of pyridine rings is 1. The van der Waals surface area contributed by atoms with Gasteiger partial charge in [0.1, 0.15) is 11.5 Å². The van der Waals surface area contributed by atoms with Crippen LogP contribution in [-0.2, 0) is 4.79 Å². The summed E-state index contributed by atoms with van der Waals surface area (Å²) in [5, 5.41) is 8.30. The molecule has 27 heavy (non-hydrogen) atoms. The highest BCUT2D eigenvalue weighted by Gasteiger charge is 2.10. The average Bonchev–Trinajstić information content (AvgIpc) is 2.65. The van der Waals surface area contributed by atoms with E-state index in [1.807, 2.05) is 0 Å². The van der Waals surface area contributed by atoms with Crippen LogP contribution < -0.4 is 16.0 Å². The number of rotatable bonds is 5. The van der Waals surface area contributed by atoms with E-state index in [0.717, 1.165) is 0 Å². The maximum Gasteiger partial charge on any atom is 0.274 e. The Kier molecular flexibility index (Phi) is 5.41. The van der Waals surface area contributed by atoms with Gasteiger partial charge < -0.3 is 16.0 Å². The first-order valence-electron chi connectivity index (χ1n) is 8.18. The van der Waals surface area contributed by atoms with Crippen molar-refractivity contribution in [2.75, 3.05) is 16.0 Å². The molecule has 2 aromatic carbocycles. The minimum Gasteiger partial charge on any atom is -0.353 e. The Hall–Kier alpha value is -3.74. The van der Waals surface area contributed by atoms with Crippen molar-refractivity contribution in [2.45, 2.75) is 6.92 Å². The number of hydrogen-bond donors (Lipinski definition) is 3. The molecule has 0 radical (unpaired) electrons. The Morgan fingerprint density at radius 2 is 1.56 bits per heavy atom. The van der Waals surface area contributed by atoms with Crippen molar-refractivity contribution in [1.82, 2.24) is 4.98 Å². The highest BCUT2D eigenvalue weighted by atomic mass is 19.1. The topological polar surface area (TPSA) is 83.1 Å². The van der Waals surface area contributed by atoms with Crippen LogP contribution >= 0.6 is 0 Å². The summed E-state index contributed by atoms with van der Waals surface area (Å²) >= 11 is 0. The first-order valence-corrected chi connectivity index (χ1v) is 8.18. The second kappa shape index (κ2) is 8.09. The number of benzene rings is 2. The molecule has 0 spiro atoms. The van der Waals surface area contributed by atoms with Crippen LogP contribution in [0.1, 0.15) is 17.4 Å². The van der Waals surface area contributed by atoms with Gasteiger partial charge in [-0.3, -0.25) is 14.6 Å². The number of nitrogens with zero attached hydrogens (tertiary/aromatic N) is 1. The van der Waals surface area contributed by atoms with Crippen molar-refractivity contribution in [3.63, 3.8) is 0 Å². The molecule has 0 atom stereocenters. The molecule has 3 rings (SSSR count). The van der Waals surface area contributed by atoms with Crippen molar-refractivity contribution in [3.8, 4) is 0 Å². The zero-order valence-electron chi connectivity index (χ0n) is 14.5. The largest absolute Gasteiger partial charge is 0.353 e. The van der Waals surface area contributed by atoms with Crippen LogP contribution in [0, 0.1) is 5.82 Å². The Morgan fingerprint density at radius 1 is 0.889 bits per heavy atom. The summed E-state index contributed by atoms with van der Waals surface area (Å²) in [6.07, 6.45) is 1.47. The zero-order chi connectivity index (χ0) is 19.2. The summed E-state index contributed by atoms with van der Waals surface area (Å²) in [4.78, 5) is 27.5. The second-order valence-corrected chi connectivity index (χ2v) is 5.75. The lowest BCUT2D eigenvalue weighted by atomic mass is 10.2. The maximum absolute atomic E-state index is 13.8. The van der Waals surface area contributed by atoms with Crippen LogP contribution in [0.4, 0.5) is 27.1 Å².